The number of alkyl halides is 2. The first-order chi connectivity index (χ1) is 8.97. The van der Waals surface area contributed by atoms with E-state index in [9.17, 15) is 18.9 Å². The van der Waals surface area contributed by atoms with Gasteiger partial charge in [0.2, 0.25) is 0 Å². The molecule has 0 amide bonds. The summed E-state index contributed by atoms with van der Waals surface area (Å²) in [6, 6.07) is 3.60. The summed E-state index contributed by atoms with van der Waals surface area (Å²) in [5, 5.41) is 13.8. The zero-order chi connectivity index (χ0) is 14.0. The van der Waals surface area contributed by atoms with Crippen molar-refractivity contribution in [2.24, 2.45) is 0 Å². The molecule has 1 aromatic rings. The van der Waals surface area contributed by atoms with Gasteiger partial charge in [-0.3, -0.25) is 10.1 Å². The number of nitro groups is 1. The lowest BCUT2D eigenvalue weighted by Gasteiger charge is -2.43. The van der Waals surface area contributed by atoms with Crippen LogP contribution in [0.4, 0.5) is 20.2 Å². The molecule has 1 fully saturated rings. The lowest BCUT2D eigenvalue weighted by atomic mass is 9.74. The Labute approximate surface area is 110 Å². The van der Waals surface area contributed by atoms with Crippen LogP contribution >= 0.6 is 0 Å². The van der Waals surface area contributed by atoms with Crippen molar-refractivity contribution in [1.29, 1.82) is 0 Å². The average molecular weight is 270 g/mol. The first-order valence-corrected chi connectivity index (χ1v) is 6.32. The van der Waals surface area contributed by atoms with Crippen LogP contribution in [0.2, 0.25) is 0 Å². The lowest BCUT2D eigenvalue weighted by molar-refractivity contribution is -0.385. The molecule has 1 saturated carbocycles. The maximum Gasteiger partial charge on any atom is 0.270 e. The van der Waals surface area contributed by atoms with Gasteiger partial charge in [-0.25, -0.2) is 8.78 Å². The minimum absolute atomic E-state index is 0.125. The maximum absolute atomic E-state index is 13.0. The van der Waals surface area contributed by atoms with Crippen LogP contribution in [-0.4, -0.2) is 10.5 Å². The van der Waals surface area contributed by atoms with Crippen molar-refractivity contribution >= 4 is 11.4 Å². The first kappa shape index (κ1) is 13.7. The third kappa shape index (κ3) is 2.67. The van der Waals surface area contributed by atoms with Crippen molar-refractivity contribution < 1.29 is 13.7 Å². The molecule has 19 heavy (non-hydrogen) atoms. The zero-order valence-electron chi connectivity index (χ0n) is 10.7. The molecule has 1 aromatic carbocycles. The fourth-order valence-corrected chi connectivity index (χ4v) is 2.41. The monoisotopic (exact) mass is 270 g/mol. The molecule has 1 aliphatic rings. The summed E-state index contributed by atoms with van der Waals surface area (Å²) >= 11 is 0. The second kappa shape index (κ2) is 5.11. The van der Waals surface area contributed by atoms with Gasteiger partial charge in [0.05, 0.1) is 4.92 Å². The number of anilines is 1. The molecule has 0 aromatic heterocycles. The highest BCUT2D eigenvalue weighted by atomic mass is 19.3. The van der Waals surface area contributed by atoms with E-state index in [0.29, 0.717) is 5.69 Å². The molecule has 0 atom stereocenters. The first-order valence-electron chi connectivity index (χ1n) is 6.32. The van der Waals surface area contributed by atoms with Crippen LogP contribution in [0.5, 0.6) is 0 Å². The number of non-ortho nitro benzene ring substituents is 1. The van der Waals surface area contributed by atoms with Crippen LogP contribution in [0.1, 0.15) is 44.6 Å². The fourth-order valence-electron chi connectivity index (χ4n) is 2.41. The molecule has 0 heterocycles. The average Bonchev–Trinajstić information content (AvgIpc) is 2.33. The molecule has 4 nitrogen and oxygen atoms in total. The minimum Gasteiger partial charge on any atom is -0.379 e. The Hall–Kier alpha value is -1.72. The van der Waals surface area contributed by atoms with Crippen LogP contribution in [0.25, 0.3) is 0 Å². The molecule has 0 bridgehead atoms. The lowest BCUT2D eigenvalue weighted by Crippen LogP contribution is -2.44. The van der Waals surface area contributed by atoms with E-state index in [1.54, 1.807) is 0 Å². The highest BCUT2D eigenvalue weighted by molar-refractivity contribution is 5.58. The molecule has 0 radical (unpaired) electrons. The van der Waals surface area contributed by atoms with E-state index < -0.39 is 11.3 Å². The summed E-state index contributed by atoms with van der Waals surface area (Å²) in [5.74, 6) is 0. The number of hydrogen-bond donors (Lipinski definition) is 1. The van der Waals surface area contributed by atoms with Crippen molar-refractivity contribution in [3.8, 4) is 0 Å². The Kier molecular flexibility index (Phi) is 3.68. The molecule has 0 saturated heterocycles. The molecule has 1 N–H and O–H groups in total. The van der Waals surface area contributed by atoms with Crippen LogP contribution in [0.15, 0.2) is 18.2 Å². The van der Waals surface area contributed by atoms with E-state index in [1.165, 1.54) is 12.1 Å². The predicted molar refractivity (Wildman–Crippen MR) is 68.5 cm³/mol. The maximum atomic E-state index is 13.0. The van der Waals surface area contributed by atoms with E-state index in [4.69, 9.17) is 0 Å². The Bertz CT molecular complexity index is 482. The van der Waals surface area contributed by atoms with Gasteiger partial charge in [0.1, 0.15) is 0 Å². The van der Waals surface area contributed by atoms with Gasteiger partial charge in [0.25, 0.3) is 12.1 Å². The Morgan fingerprint density at radius 3 is 2.58 bits per heavy atom. The van der Waals surface area contributed by atoms with Gasteiger partial charge < -0.3 is 5.32 Å². The number of rotatable bonds is 5. The molecule has 6 heteroatoms. The van der Waals surface area contributed by atoms with Gasteiger partial charge >= 0.3 is 0 Å². The number of benzene rings is 1. The summed E-state index contributed by atoms with van der Waals surface area (Å²) in [4.78, 5) is 9.98. The second-order valence-corrected chi connectivity index (χ2v) is 4.94. The number of nitrogens with one attached hydrogen (secondary N) is 1. The van der Waals surface area contributed by atoms with E-state index in [0.717, 1.165) is 31.7 Å². The van der Waals surface area contributed by atoms with Crippen LogP contribution in [-0.2, 0) is 0 Å². The quantitative estimate of drug-likeness (QED) is 0.642. The molecule has 1 aliphatic carbocycles. The summed E-state index contributed by atoms with van der Waals surface area (Å²) < 4.78 is 26.0. The van der Waals surface area contributed by atoms with Crippen molar-refractivity contribution in [2.75, 3.05) is 5.32 Å². The normalized spacial score (nSPS) is 17.1. The second-order valence-electron chi connectivity index (χ2n) is 4.94. The minimum atomic E-state index is -2.73. The van der Waals surface area contributed by atoms with Crippen LogP contribution in [0, 0.1) is 10.1 Å². The predicted octanol–water partition coefficient (Wildman–Crippen LogP) is 4.28. The van der Waals surface area contributed by atoms with Gasteiger partial charge in [-0.2, -0.15) is 0 Å². The number of hydrogen-bond acceptors (Lipinski definition) is 3. The van der Waals surface area contributed by atoms with Crippen LogP contribution in [0.3, 0.4) is 0 Å². The summed E-state index contributed by atoms with van der Waals surface area (Å²) in [5.41, 5.74) is -0.421. The van der Waals surface area contributed by atoms with Gasteiger partial charge in [-0.1, -0.05) is 6.92 Å². The summed E-state index contributed by atoms with van der Waals surface area (Å²) in [7, 11) is 0. The topological polar surface area (TPSA) is 55.2 Å². The van der Waals surface area contributed by atoms with Crippen molar-refractivity contribution in [3.05, 3.63) is 33.9 Å². The summed E-state index contributed by atoms with van der Waals surface area (Å²) in [6.45, 7) is 2.01. The number of halogens is 2. The molecule has 0 aliphatic heterocycles. The Morgan fingerprint density at radius 1 is 1.47 bits per heavy atom. The number of nitro benzene ring substituents is 1. The Morgan fingerprint density at radius 2 is 2.16 bits per heavy atom. The van der Waals surface area contributed by atoms with Crippen LogP contribution < -0.4 is 5.32 Å². The third-order valence-corrected chi connectivity index (χ3v) is 3.87. The molecule has 2 rings (SSSR count). The highest BCUT2D eigenvalue weighted by Crippen LogP contribution is 2.40. The van der Waals surface area contributed by atoms with Gasteiger partial charge in [0.15, 0.2) is 0 Å². The zero-order valence-corrected chi connectivity index (χ0v) is 10.7. The third-order valence-electron chi connectivity index (χ3n) is 3.87. The van der Waals surface area contributed by atoms with E-state index in [2.05, 4.69) is 5.32 Å². The standard InChI is InChI=1S/C13H16F2N2O2/c1-2-13(6-3-7-13)16-11-5-4-9(17(18)19)8-10(11)12(14)15/h4-5,8,12,16H,2-3,6-7H2,1H3. The van der Waals surface area contributed by atoms with Crippen molar-refractivity contribution in [3.63, 3.8) is 0 Å². The van der Waals surface area contributed by atoms with E-state index in [-0.39, 0.29) is 16.8 Å². The SMILES string of the molecule is CCC1(Nc2ccc([N+](=O)[O-])cc2C(F)F)CCC1. The highest BCUT2D eigenvalue weighted by Gasteiger charge is 2.36. The van der Waals surface area contributed by atoms with Gasteiger partial charge in [-0.15, -0.1) is 0 Å². The van der Waals surface area contributed by atoms with Gasteiger partial charge in [-0.05, 0) is 31.7 Å². The molecule has 0 spiro atoms. The van der Waals surface area contributed by atoms with Crippen molar-refractivity contribution in [2.45, 2.75) is 44.6 Å². The molecular weight excluding hydrogens is 254 g/mol. The number of nitrogens with zero attached hydrogens (tertiary/aromatic N) is 1. The fraction of sp³-hybridized carbons (Fsp3) is 0.538. The molecule has 0 unspecified atom stereocenters. The molecular formula is C13H16F2N2O2. The van der Waals surface area contributed by atoms with Crippen molar-refractivity contribution in [1.82, 2.24) is 0 Å². The van der Waals surface area contributed by atoms with E-state index >= 15 is 0 Å². The Balaban J connectivity index is 2.31. The largest absolute Gasteiger partial charge is 0.379 e. The van der Waals surface area contributed by atoms with Gasteiger partial charge in [0, 0.05) is 28.9 Å². The van der Waals surface area contributed by atoms with E-state index in [1.807, 2.05) is 6.92 Å². The summed E-state index contributed by atoms with van der Waals surface area (Å²) in [6.07, 6.45) is 1.10. The smallest absolute Gasteiger partial charge is 0.270 e. The molecule has 104 valence electrons.